The largest absolute Gasteiger partial charge is 0.464 e. The Hall–Kier alpha value is -1.37. The lowest BCUT2D eigenvalue weighted by molar-refractivity contribution is -0.757. The van der Waals surface area contributed by atoms with Crippen molar-refractivity contribution in [1.29, 1.82) is 0 Å². The number of rotatable bonds is 7. The molecule has 1 fully saturated rings. The molecule has 0 spiro atoms. The molecule has 7 nitrogen and oxygen atoms in total. The molecule has 1 heterocycles. The summed E-state index contributed by atoms with van der Waals surface area (Å²) in [4.78, 5) is 27.7. The van der Waals surface area contributed by atoms with E-state index >= 15 is 0 Å². The Bertz CT molecular complexity index is 271. The molecule has 1 atom stereocenters. The summed E-state index contributed by atoms with van der Waals surface area (Å²) in [6, 6.07) is -0.142. The van der Waals surface area contributed by atoms with Gasteiger partial charge in [0, 0.05) is 6.42 Å². The van der Waals surface area contributed by atoms with Crippen LogP contribution in [-0.4, -0.2) is 48.3 Å². The second-order valence-corrected chi connectivity index (χ2v) is 3.86. The van der Waals surface area contributed by atoms with E-state index in [1.807, 2.05) is 6.92 Å². The van der Waals surface area contributed by atoms with Gasteiger partial charge in [0.05, 0.1) is 13.2 Å². The zero-order chi connectivity index (χ0) is 12.7. The summed E-state index contributed by atoms with van der Waals surface area (Å²) in [5.41, 5.74) is 0. The molecule has 0 saturated carbocycles. The smallest absolute Gasteiger partial charge is 0.323 e. The topological polar surface area (TPSA) is 81.9 Å². The van der Waals surface area contributed by atoms with Crippen molar-refractivity contribution in [2.45, 2.75) is 32.2 Å². The number of likely N-dealkylation sites (N-methyl/N-ethyl adjacent to an activating group) is 1. The fraction of sp³-hybridized carbons (Fsp3) is 0.900. The third-order valence-electron chi connectivity index (χ3n) is 2.77. The molecular formula is C10H18N2O5. The highest BCUT2D eigenvalue weighted by Gasteiger charge is 2.30. The van der Waals surface area contributed by atoms with Crippen LogP contribution < -0.4 is 0 Å². The van der Waals surface area contributed by atoms with E-state index in [2.05, 4.69) is 9.74 Å². The summed E-state index contributed by atoms with van der Waals surface area (Å²) in [5.74, 6) is -0.231. The van der Waals surface area contributed by atoms with E-state index in [1.165, 1.54) is 0 Å². The number of carbonyl (C=O) groups excluding carboxylic acids is 1. The van der Waals surface area contributed by atoms with E-state index in [1.54, 1.807) is 0 Å². The Morgan fingerprint density at radius 1 is 1.53 bits per heavy atom. The Morgan fingerprint density at radius 3 is 2.94 bits per heavy atom. The first-order valence-electron chi connectivity index (χ1n) is 5.83. The van der Waals surface area contributed by atoms with Gasteiger partial charge >= 0.3 is 5.97 Å². The number of carbonyl (C=O) groups is 1. The lowest BCUT2D eigenvalue weighted by Gasteiger charge is -2.20. The highest BCUT2D eigenvalue weighted by atomic mass is 16.9. The first-order chi connectivity index (χ1) is 8.15. The average molecular weight is 246 g/mol. The van der Waals surface area contributed by atoms with Crippen molar-refractivity contribution in [3.63, 3.8) is 0 Å². The van der Waals surface area contributed by atoms with E-state index in [-0.39, 0.29) is 25.2 Å². The summed E-state index contributed by atoms with van der Waals surface area (Å²) in [6.07, 6.45) is 2.18. The number of nitrogens with zero attached hydrogens (tertiary/aromatic N) is 2. The minimum Gasteiger partial charge on any atom is -0.464 e. The number of hydrogen-bond donors (Lipinski definition) is 0. The molecule has 1 saturated heterocycles. The quantitative estimate of drug-likeness (QED) is 0.283. The van der Waals surface area contributed by atoms with E-state index in [4.69, 9.17) is 4.74 Å². The van der Waals surface area contributed by atoms with Crippen LogP contribution in [0.4, 0.5) is 0 Å². The lowest BCUT2D eigenvalue weighted by atomic mass is 10.2. The molecule has 0 N–H and O–H groups in total. The van der Waals surface area contributed by atoms with Crippen molar-refractivity contribution in [2.75, 3.05) is 26.3 Å². The van der Waals surface area contributed by atoms with E-state index in [9.17, 15) is 14.9 Å². The lowest BCUT2D eigenvalue weighted by Crippen LogP contribution is -2.37. The maximum absolute atomic E-state index is 11.7. The molecule has 0 aromatic heterocycles. The first-order valence-corrected chi connectivity index (χ1v) is 5.83. The molecule has 7 heteroatoms. The van der Waals surface area contributed by atoms with E-state index in [0.717, 1.165) is 25.9 Å². The van der Waals surface area contributed by atoms with Crippen LogP contribution in [0.25, 0.3) is 0 Å². The normalized spacial score (nSPS) is 20.2. The van der Waals surface area contributed by atoms with Crippen LogP contribution in [0, 0.1) is 10.1 Å². The van der Waals surface area contributed by atoms with Gasteiger partial charge in [0.15, 0.2) is 0 Å². The second kappa shape index (κ2) is 7.05. The zero-order valence-corrected chi connectivity index (χ0v) is 9.96. The molecule has 1 aliphatic heterocycles. The summed E-state index contributed by atoms with van der Waals surface area (Å²) in [5, 5.41) is 9.01. The Balaban J connectivity index is 2.14. The highest BCUT2D eigenvalue weighted by Crippen LogP contribution is 2.17. The fourth-order valence-corrected chi connectivity index (χ4v) is 1.94. The van der Waals surface area contributed by atoms with E-state index < -0.39 is 5.09 Å². The van der Waals surface area contributed by atoms with Gasteiger partial charge in [-0.15, -0.1) is 10.1 Å². The van der Waals surface area contributed by atoms with Crippen molar-refractivity contribution < 1.29 is 19.5 Å². The van der Waals surface area contributed by atoms with Gasteiger partial charge in [-0.05, 0) is 25.9 Å². The zero-order valence-electron chi connectivity index (χ0n) is 9.96. The SMILES string of the molecule is CCN1CCC[C@H]1C(=O)OCCCO[N+](=O)[O-]. The van der Waals surface area contributed by atoms with Gasteiger partial charge in [-0.2, -0.15) is 0 Å². The third kappa shape index (κ3) is 4.56. The van der Waals surface area contributed by atoms with Gasteiger partial charge in [0.25, 0.3) is 5.09 Å². The van der Waals surface area contributed by atoms with Gasteiger partial charge in [0.2, 0.25) is 0 Å². The standard InChI is InChI=1S/C10H18N2O5/c1-2-11-6-3-5-9(11)10(13)16-7-4-8-17-12(14)15/h9H,2-8H2,1H3/t9-/m0/s1. The maximum atomic E-state index is 11.7. The third-order valence-corrected chi connectivity index (χ3v) is 2.77. The van der Waals surface area contributed by atoms with Crippen LogP contribution in [0.15, 0.2) is 0 Å². The van der Waals surface area contributed by atoms with Crippen molar-refractivity contribution >= 4 is 5.97 Å². The number of esters is 1. The van der Waals surface area contributed by atoms with Crippen molar-refractivity contribution in [3.8, 4) is 0 Å². The fourth-order valence-electron chi connectivity index (χ4n) is 1.94. The molecule has 0 aromatic carbocycles. The molecule has 98 valence electrons. The van der Waals surface area contributed by atoms with E-state index in [0.29, 0.717) is 6.42 Å². The highest BCUT2D eigenvalue weighted by molar-refractivity contribution is 5.76. The Kier molecular flexibility index (Phi) is 5.68. The van der Waals surface area contributed by atoms with Crippen LogP contribution in [0.1, 0.15) is 26.2 Å². The molecule has 0 unspecified atom stereocenters. The van der Waals surface area contributed by atoms with Crippen LogP contribution in [0.5, 0.6) is 0 Å². The predicted molar refractivity (Wildman–Crippen MR) is 58.8 cm³/mol. The van der Waals surface area contributed by atoms with Crippen molar-refractivity contribution in [3.05, 3.63) is 10.1 Å². The van der Waals surface area contributed by atoms with Crippen LogP contribution in [0.3, 0.4) is 0 Å². The number of ether oxygens (including phenoxy) is 1. The van der Waals surface area contributed by atoms with Gasteiger partial charge < -0.3 is 9.57 Å². The van der Waals surface area contributed by atoms with Crippen molar-refractivity contribution in [2.24, 2.45) is 0 Å². The molecule has 1 rings (SSSR count). The second-order valence-electron chi connectivity index (χ2n) is 3.86. The predicted octanol–water partition coefficient (Wildman–Crippen LogP) is 0.612. The van der Waals surface area contributed by atoms with Gasteiger partial charge in [-0.1, -0.05) is 6.92 Å². The van der Waals surface area contributed by atoms with Crippen LogP contribution >= 0.6 is 0 Å². The first kappa shape index (κ1) is 13.7. The van der Waals surface area contributed by atoms with Crippen molar-refractivity contribution in [1.82, 2.24) is 4.90 Å². The summed E-state index contributed by atoms with van der Waals surface area (Å²) in [7, 11) is 0. The summed E-state index contributed by atoms with van der Waals surface area (Å²) < 4.78 is 5.06. The number of likely N-dealkylation sites (tertiary alicyclic amines) is 1. The summed E-state index contributed by atoms with van der Waals surface area (Å²) >= 11 is 0. The summed E-state index contributed by atoms with van der Waals surface area (Å²) in [6.45, 7) is 3.91. The Morgan fingerprint density at radius 2 is 2.29 bits per heavy atom. The molecule has 0 aliphatic carbocycles. The van der Waals surface area contributed by atoms with Crippen LogP contribution in [-0.2, 0) is 14.4 Å². The van der Waals surface area contributed by atoms with Gasteiger partial charge in [0.1, 0.15) is 6.04 Å². The maximum Gasteiger partial charge on any atom is 0.323 e. The molecule has 0 radical (unpaired) electrons. The molecular weight excluding hydrogens is 228 g/mol. The minimum absolute atomic E-state index is 0.0392. The molecule has 0 bridgehead atoms. The van der Waals surface area contributed by atoms with Gasteiger partial charge in [-0.25, -0.2) is 0 Å². The Labute approximate surface area is 99.8 Å². The monoisotopic (exact) mass is 246 g/mol. The van der Waals surface area contributed by atoms with Crippen LogP contribution in [0.2, 0.25) is 0 Å². The molecule has 0 aromatic rings. The van der Waals surface area contributed by atoms with Gasteiger partial charge in [-0.3, -0.25) is 9.69 Å². The molecule has 1 aliphatic rings. The molecule has 17 heavy (non-hydrogen) atoms. The molecule has 0 amide bonds. The number of hydrogen-bond acceptors (Lipinski definition) is 6. The average Bonchev–Trinajstić information content (AvgIpc) is 2.75. The minimum atomic E-state index is -0.850.